The zero-order chi connectivity index (χ0) is 24.5. The van der Waals surface area contributed by atoms with Crippen LogP contribution in [-0.4, -0.2) is 14.4 Å². The molecule has 3 heteroatoms. The maximum absolute atomic E-state index is 8.78. The molecular formula is C26H25N3. The van der Waals surface area contributed by atoms with Crippen LogP contribution in [0, 0.1) is 12.3 Å². The SMILES string of the molecule is [2H]C([2H])([2H])c1cnc(-c2ccc3ccn4c5ccccc5nc4c3c2)cc1C([2H])([2H])C(C)(C)C. The normalized spacial score (nSPS) is 15.8. The molecule has 2 aromatic carbocycles. The average molecular weight is 385 g/mol. The highest BCUT2D eigenvalue weighted by Crippen LogP contribution is 2.30. The zero-order valence-electron chi connectivity index (χ0n) is 21.7. The van der Waals surface area contributed by atoms with E-state index in [-0.39, 0.29) is 11.1 Å². The minimum absolute atomic E-state index is 0.0566. The minimum Gasteiger partial charge on any atom is -0.299 e. The molecule has 0 aliphatic heterocycles. The maximum Gasteiger partial charge on any atom is 0.145 e. The Morgan fingerprint density at radius 1 is 1.07 bits per heavy atom. The van der Waals surface area contributed by atoms with Gasteiger partial charge in [0, 0.05) is 30.2 Å². The second-order valence-corrected chi connectivity index (χ2v) is 8.40. The van der Waals surface area contributed by atoms with Crippen LogP contribution >= 0.6 is 0 Å². The summed E-state index contributed by atoms with van der Waals surface area (Å²) in [5.41, 5.74) is 3.33. The van der Waals surface area contributed by atoms with Crippen molar-refractivity contribution in [2.24, 2.45) is 5.41 Å². The maximum atomic E-state index is 8.78. The van der Waals surface area contributed by atoms with Crippen LogP contribution in [0.2, 0.25) is 0 Å². The number of aromatic nitrogens is 3. The Kier molecular flexibility index (Phi) is 2.90. The molecule has 144 valence electrons. The summed E-state index contributed by atoms with van der Waals surface area (Å²) in [4.78, 5) is 9.27. The van der Waals surface area contributed by atoms with Crippen LogP contribution in [0.1, 0.15) is 38.8 Å². The Hall–Kier alpha value is -3.20. The number of hydrogen-bond acceptors (Lipinski definition) is 2. The van der Waals surface area contributed by atoms with Crippen molar-refractivity contribution in [3.63, 3.8) is 0 Å². The van der Waals surface area contributed by atoms with E-state index < -0.39 is 18.6 Å². The lowest BCUT2D eigenvalue weighted by molar-refractivity contribution is 0.410. The summed E-state index contributed by atoms with van der Waals surface area (Å²) in [5.74, 6) is 0. The molecule has 5 rings (SSSR count). The van der Waals surface area contributed by atoms with Gasteiger partial charge in [0.15, 0.2) is 0 Å². The number of nitrogens with zero attached hydrogens (tertiary/aromatic N) is 3. The van der Waals surface area contributed by atoms with Gasteiger partial charge in [-0.15, -0.1) is 0 Å². The Labute approximate surface area is 178 Å². The first kappa shape index (κ1) is 13.1. The van der Waals surface area contributed by atoms with Crippen molar-refractivity contribution in [3.05, 3.63) is 78.1 Å². The van der Waals surface area contributed by atoms with Gasteiger partial charge in [-0.2, -0.15) is 0 Å². The van der Waals surface area contributed by atoms with Crippen molar-refractivity contribution < 1.29 is 6.85 Å². The lowest BCUT2D eigenvalue weighted by atomic mass is 9.86. The summed E-state index contributed by atoms with van der Waals surface area (Å²) < 4.78 is 43.4. The molecule has 0 saturated heterocycles. The predicted molar refractivity (Wildman–Crippen MR) is 121 cm³/mol. The van der Waals surface area contributed by atoms with Gasteiger partial charge in [0.2, 0.25) is 0 Å². The van der Waals surface area contributed by atoms with E-state index in [4.69, 9.17) is 11.8 Å². The van der Waals surface area contributed by atoms with Gasteiger partial charge in [0.05, 0.1) is 16.7 Å². The first-order valence-electron chi connectivity index (χ1n) is 12.2. The lowest BCUT2D eigenvalue weighted by Gasteiger charge is -2.20. The highest BCUT2D eigenvalue weighted by molar-refractivity contribution is 6.00. The van der Waals surface area contributed by atoms with E-state index in [0.717, 1.165) is 33.0 Å². The van der Waals surface area contributed by atoms with E-state index in [2.05, 4.69) is 9.38 Å². The second-order valence-electron chi connectivity index (χ2n) is 8.40. The first-order chi connectivity index (χ1) is 15.9. The number of aryl methyl sites for hydroxylation is 1. The smallest absolute Gasteiger partial charge is 0.145 e. The quantitative estimate of drug-likeness (QED) is 0.343. The van der Waals surface area contributed by atoms with Crippen molar-refractivity contribution in [1.82, 2.24) is 14.4 Å². The lowest BCUT2D eigenvalue weighted by Crippen LogP contribution is -2.10. The van der Waals surface area contributed by atoms with Gasteiger partial charge in [-0.05, 0) is 65.5 Å². The number of fused-ring (bicyclic) bond motifs is 5. The van der Waals surface area contributed by atoms with Gasteiger partial charge in [-0.25, -0.2) is 4.98 Å². The Morgan fingerprint density at radius 3 is 2.76 bits per heavy atom. The molecule has 3 heterocycles. The van der Waals surface area contributed by atoms with Gasteiger partial charge in [0.1, 0.15) is 5.65 Å². The third kappa shape index (κ3) is 3.17. The summed E-state index contributed by atoms with van der Waals surface area (Å²) in [7, 11) is 0. The molecule has 0 bridgehead atoms. The Balaban J connectivity index is 1.75. The summed E-state index contributed by atoms with van der Waals surface area (Å²) in [6.45, 7) is 2.84. The summed E-state index contributed by atoms with van der Waals surface area (Å²) in [6, 6.07) is 17.5. The van der Waals surface area contributed by atoms with Gasteiger partial charge in [-0.3, -0.25) is 9.38 Å². The van der Waals surface area contributed by atoms with E-state index in [1.165, 1.54) is 6.20 Å². The molecular weight excluding hydrogens is 354 g/mol. The molecule has 0 radical (unpaired) electrons. The molecule has 0 amide bonds. The van der Waals surface area contributed by atoms with Crippen molar-refractivity contribution in [2.75, 3.05) is 0 Å². The van der Waals surface area contributed by atoms with Crippen LogP contribution in [0.5, 0.6) is 0 Å². The predicted octanol–water partition coefficient (Wildman–Crippen LogP) is 6.60. The largest absolute Gasteiger partial charge is 0.299 e. The highest BCUT2D eigenvalue weighted by Gasteiger charge is 2.15. The van der Waals surface area contributed by atoms with Crippen molar-refractivity contribution >= 4 is 27.5 Å². The zero-order valence-corrected chi connectivity index (χ0v) is 16.7. The fraction of sp³-hybridized carbons (Fsp3) is 0.231. The molecule has 0 spiro atoms. The van der Waals surface area contributed by atoms with E-state index in [9.17, 15) is 0 Å². The fourth-order valence-electron chi connectivity index (χ4n) is 3.72. The summed E-state index contributed by atoms with van der Waals surface area (Å²) >= 11 is 0. The number of para-hydroxylation sites is 2. The van der Waals surface area contributed by atoms with Crippen molar-refractivity contribution in [1.29, 1.82) is 0 Å². The number of hydrogen-bond donors (Lipinski definition) is 0. The number of rotatable bonds is 2. The van der Waals surface area contributed by atoms with E-state index in [1.54, 1.807) is 26.8 Å². The molecule has 29 heavy (non-hydrogen) atoms. The first-order valence-corrected chi connectivity index (χ1v) is 9.69. The average Bonchev–Trinajstić information content (AvgIpc) is 3.16. The summed E-state index contributed by atoms with van der Waals surface area (Å²) in [6.07, 6.45) is 1.43. The van der Waals surface area contributed by atoms with Gasteiger partial charge >= 0.3 is 0 Å². The van der Waals surface area contributed by atoms with Crippen LogP contribution in [0.15, 0.2) is 67.0 Å². The van der Waals surface area contributed by atoms with E-state index in [1.807, 2.05) is 54.7 Å². The molecule has 0 unspecified atom stereocenters. The third-order valence-electron chi connectivity index (χ3n) is 5.00. The number of pyridine rings is 2. The van der Waals surface area contributed by atoms with Gasteiger partial charge in [-0.1, -0.05) is 45.0 Å². The minimum atomic E-state index is -2.47. The van der Waals surface area contributed by atoms with Crippen LogP contribution < -0.4 is 0 Å². The number of benzene rings is 2. The van der Waals surface area contributed by atoms with Crippen LogP contribution in [0.25, 0.3) is 38.7 Å². The molecule has 3 nitrogen and oxygen atoms in total. The molecule has 0 aliphatic rings. The Morgan fingerprint density at radius 2 is 1.93 bits per heavy atom. The van der Waals surface area contributed by atoms with Crippen LogP contribution in [0.3, 0.4) is 0 Å². The number of imidazole rings is 1. The molecule has 0 N–H and O–H groups in total. The molecule has 3 aromatic heterocycles. The summed E-state index contributed by atoms with van der Waals surface area (Å²) in [5, 5.41) is 1.97. The fourth-order valence-corrected chi connectivity index (χ4v) is 3.72. The topological polar surface area (TPSA) is 30.2 Å². The van der Waals surface area contributed by atoms with Crippen molar-refractivity contribution in [2.45, 2.75) is 34.0 Å². The van der Waals surface area contributed by atoms with Crippen LogP contribution in [-0.2, 0) is 6.37 Å². The molecule has 5 aromatic rings. The standard InChI is InChI=1S/C26H25N3/c1-17-16-27-23(14-20(17)15-26(2,3)4)19-10-9-18-11-12-29-24-8-6-5-7-22(24)28-25(29)21(18)13-19/h5-14,16H,15H2,1-4H3/i1D3,15D2. The van der Waals surface area contributed by atoms with Crippen molar-refractivity contribution in [3.8, 4) is 11.3 Å². The van der Waals surface area contributed by atoms with E-state index >= 15 is 0 Å². The van der Waals surface area contributed by atoms with Gasteiger partial charge in [0.25, 0.3) is 0 Å². The third-order valence-corrected chi connectivity index (χ3v) is 5.00. The Bertz CT molecular complexity index is 1560. The monoisotopic (exact) mass is 384 g/mol. The molecule has 0 atom stereocenters. The van der Waals surface area contributed by atoms with E-state index in [0.29, 0.717) is 5.69 Å². The highest BCUT2D eigenvalue weighted by atomic mass is 15.0. The van der Waals surface area contributed by atoms with Crippen LogP contribution in [0.4, 0.5) is 0 Å². The molecule has 0 saturated carbocycles. The molecule has 0 aliphatic carbocycles. The second kappa shape index (κ2) is 6.41. The molecule has 0 fully saturated rings. The van der Waals surface area contributed by atoms with Gasteiger partial charge < -0.3 is 0 Å².